The topological polar surface area (TPSA) is 84.2 Å². The second-order valence-electron chi connectivity index (χ2n) is 5.08. The molecule has 1 aromatic heterocycles. The molecule has 0 saturated heterocycles. The molecule has 1 aromatic carbocycles. The first-order valence-corrected chi connectivity index (χ1v) is 6.58. The first-order chi connectivity index (χ1) is 9.65. The second-order valence-corrected chi connectivity index (χ2v) is 5.08. The van der Waals surface area contributed by atoms with Gasteiger partial charge in [-0.1, -0.05) is 18.2 Å². The number of para-hydroxylation sites is 1. The zero-order chi connectivity index (χ0) is 14.1. The molecule has 0 bridgehead atoms. The van der Waals surface area contributed by atoms with Gasteiger partial charge in [0.2, 0.25) is 5.91 Å². The summed E-state index contributed by atoms with van der Waals surface area (Å²) < 4.78 is 1.58. The van der Waals surface area contributed by atoms with E-state index in [2.05, 4.69) is 10.4 Å². The summed E-state index contributed by atoms with van der Waals surface area (Å²) in [6.07, 6.45) is 3.42. The summed E-state index contributed by atoms with van der Waals surface area (Å²) in [4.78, 5) is 23.1. The maximum atomic E-state index is 12.0. The summed E-state index contributed by atoms with van der Waals surface area (Å²) in [5.41, 5.74) is 0.862. The smallest absolute Gasteiger partial charge is 0.326 e. The van der Waals surface area contributed by atoms with Crippen LogP contribution in [-0.2, 0) is 16.1 Å². The Morgan fingerprint density at radius 2 is 2.15 bits per heavy atom. The summed E-state index contributed by atoms with van der Waals surface area (Å²) in [5.74, 6) is -1.21. The number of hydrogen-bond donors (Lipinski definition) is 2. The molecule has 104 valence electrons. The van der Waals surface area contributed by atoms with Gasteiger partial charge in [0.15, 0.2) is 0 Å². The van der Waals surface area contributed by atoms with E-state index in [9.17, 15) is 9.59 Å². The molecule has 1 aliphatic carbocycles. The minimum absolute atomic E-state index is 0.0318. The first-order valence-electron chi connectivity index (χ1n) is 6.58. The Morgan fingerprint density at radius 1 is 1.40 bits per heavy atom. The number of benzene rings is 1. The SMILES string of the molecule is O=C(Cn1ncc2ccccc21)NC(C(=O)O)C1CC1. The van der Waals surface area contributed by atoms with E-state index >= 15 is 0 Å². The molecule has 6 heteroatoms. The quantitative estimate of drug-likeness (QED) is 0.851. The van der Waals surface area contributed by atoms with Crippen molar-refractivity contribution < 1.29 is 14.7 Å². The van der Waals surface area contributed by atoms with Crippen molar-refractivity contribution in [2.45, 2.75) is 25.4 Å². The van der Waals surface area contributed by atoms with Gasteiger partial charge in [0.05, 0.1) is 11.7 Å². The van der Waals surface area contributed by atoms with E-state index in [0.717, 1.165) is 23.7 Å². The molecule has 1 unspecified atom stereocenters. The van der Waals surface area contributed by atoms with Crippen LogP contribution in [0.5, 0.6) is 0 Å². The molecule has 0 radical (unpaired) electrons. The number of aliphatic carboxylic acids is 1. The maximum absolute atomic E-state index is 12.0. The standard InChI is InChI=1S/C14H15N3O3/c18-12(16-13(14(19)20)9-5-6-9)8-17-11-4-2-1-3-10(11)7-15-17/h1-4,7,9,13H,5-6,8H2,(H,16,18)(H,19,20). The van der Waals surface area contributed by atoms with Crippen LogP contribution < -0.4 is 5.32 Å². The molecule has 1 saturated carbocycles. The van der Waals surface area contributed by atoms with E-state index in [1.165, 1.54) is 0 Å². The molecule has 1 fully saturated rings. The zero-order valence-corrected chi connectivity index (χ0v) is 10.8. The van der Waals surface area contributed by atoms with E-state index < -0.39 is 12.0 Å². The summed E-state index contributed by atoms with van der Waals surface area (Å²) >= 11 is 0. The van der Waals surface area contributed by atoms with E-state index in [1.54, 1.807) is 10.9 Å². The van der Waals surface area contributed by atoms with Crippen LogP contribution in [0.2, 0.25) is 0 Å². The summed E-state index contributed by atoms with van der Waals surface area (Å²) in [6, 6.07) is 6.81. The van der Waals surface area contributed by atoms with Crippen molar-refractivity contribution in [3.05, 3.63) is 30.5 Å². The number of hydrogen-bond acceptors (Lipinski definition) is 3. The molecule has 2 N–H and O–H groups in total. The first kappa shape index (κ1) is 12.7. The van der Waals surface area contributed by atoms with Gasteiger partial charge in [-0.05, 0) is 24.8 Å². The molecule has 1 amide bonds. The van der Waals surface area contributed by atoms with Crippen LogP contribution in [-0.4, -0.2) is 32.8 Å². The predicted molar refractivity (Wildman–Crippen MR) is 72.0 cm³/mol. The van der Waals surface area contributed by atoms with Crippen LogP contribution in [0.25, 0.3) is 10.9 Å². The Morgan fingerprint density at radius 3 is 2.85 bits per heavy atom. The highest BCUT2D eigenvalue weighted by Crippen LogP contribution is 2.32. The van der Waals surface area contributed by atoms with Gasteiger partial charge in [0.25, 0.3) is 0 Å². The fourth-order valence-corrected chi connectivity index (χ4v) is 2.32. The van der Waals surface area contributed by atoms with Gasteiger partial charge < -0.3 is 10.4 Å². The lowest BCUT2D eigenvalue weighted by Crippen LogP contribution is -2.43. The third-order valence-electron chi connectivity index (χ3n) is 3.52. The number of carbonyl (C=O) groups excluding carboxylic acids is 1. The lowest BCUT2D eigenvalue weighted by atomic mass is 10.2. The van der Waals surface area contributed by atoms with Gasteiger partial charge in [0, 0.05) is 5.39 Å². The number of carboxylic acids is 1. The Balaban J connectivity index is 1.71. The number of fused-ring (bicyclic) bond motifs is 1. The van der Waals surface area contributed by atoms with Crippen molar-refractivity contribution in [1.82, 2.24) is 15.1 Å². The number of nitrogens with one attached hydrogen (secondary N) is 1. The lowest BCUT2D eigenvalue weighted by molar-refractivity contribution is -0.142. The van der Waals surface area contributed by atoms with Crippen molar-refractivity contribution >= 4 is 22.8 Å². The molecule has 1 heterocycles. The van der Waals surface area contributed by atoms with E-state index in [0.29, 0.717) is 0 Å². The number of carbonyl (C=O) groups is 2. The molecular formula is C14H15N3O3. The largest absolute Gasteiger partial charge is 0.480 e. The Hall–Kier alpha value is -2.37. The van der Waals surface area contributed by atoms with Gasteiger partial charge in [0.1, 0.15) is 12.6 Å². The van der Waals surface area contributed by atoms with Gasteiger partial charge in [-0.2, -0.15) is 5.10 Å². The number of aromatic nitrogens is 2. The van der Waals surface area contributed by atoms with Crippen LogP contribution in [0.1, 0.15) is 12.8 Å². The van der Waals surface area contributed by atoms with Crippen molar-refractivity contribution in [2.24, 2.45) is 5.92 Å². The molecular weight excluding hydrogens is 258 g/mol. The van der Waals surface area contributed by atoms with Crippen molar-refractivity contribution in [2.75, 3.05) is 0 Å². The molecule has 0 spiro atoms. The fourth-order valence-electron chi connectivity index (χ4n) is 2.32. The monoisotopic (exact) mass is 273 g/mol. The van der Waals surface area contributed by atoms with Crippen molar-refractivity contribution in [3.8, 4) is 0 Å². The molecule has 3 rings (SSSR count). The average Bonchev–Trinajstić information content (AvgIpc) is 3.19. The van der Waals surface area contributed by atoms with E-state index in [1.807, 2.05) is 24.3 Å². The molecule has 1 aliphatic rings. The van der Waals surface area contributed by atoms with Crippen LogP contribution in [0.4, 0.5) is 0 Å². The minimum Gasteiger partial charge on any atom is -0.480 e. The second kappa shape index (κ2) is 4.96. The summed E-state index contributed by atoms with van der Waals surface area (Å²) in [5, 5.41) is 16.8. The van der Waals surface area contributed by atoms with Gasteiger partial charge in [-0.15, -0.1) is 0 Å². The Kier molecular flexibility index (Phi) is 3.14. The highest BCUT2D eigenvalue weighted by Gasteiger charge is 2.37. The van der Waals surface area contributed by atoms with E-state index in [-0.39, 0.29) is 18.4 Å². The third kappa shape index (κ3) is 2.49. The maximum Gasteiger partial charge on any atom is 0.326 e. The van der Waals surface area contributed by atoms with Crippen molar-refractivity contribution in [1.29, 1.82) is 0 Å². The molecule has 0 aliphatic heterocycles. The highest BCUT2D eigenvalue weighted by molar-refractivity contribution is 5.85. The summed E-state index contributed by atoms with van der Waals surface area (Å²) in [7, 11) is 0. The Bertz CT molecular complexity index is 660. The molecule has 6 nitrogen and oxygen atoms in total. The third-order valence-corrected chi connectivity index (χ3v) is 3.52. The van der Waals surface area contributed by atoms with Gasteiger partial charge >= 0.3 is 5.97 Å². The van der Waals surface area contributed by atoms with E-state index in [4.69, 9.17) is 5.11 Å². The normalized spacial score (nSPS) is 16.0. The lowest BCUT2D eigenvalue weighted by Gasteiger charge is -2.13. The minimum atomic E-state index is -0.967. The van der Waals surface area contributed by atoms with Crippen molar-refractivity contribution in [3.63, 3.8) is 0 Å². The average molecular weight is 273 g/mol. The molecule has 1 atom stereocenters. The number of nitrogens with zero attached hydrogens (tertiary/aromatic N) is 2. The number of amides is 1. The molecule has 20 heavy (non-hydrogen) atoms. The van der Waals surface area contributed by atoms with Gasteiger partial charge in [-0.3, -0.25) is 9.48 Å². The van der Waals surface area contributed by atoms with Crippen LogP contribution in [0, 0.1) is 5.92 Å². The number of carboxylic acid groups (broad SMARTS) is 1. The zero-order valence-electron chi connectivity index (χ0n) is 10.8. The fraction of sp³-hybridized carbons (Fsp3) is 0.357. The Labute approximate surface area is 115 Å². The van der Waals surface area contributed by atoms with Crippen LogP contribution in [0.3, 0.4) is 0 Å². The molecule has 2 aromatic rings. The summed E-state index contributed by atoms with van der Waals surface area (Å²) in [6.45, 7) is 0.0318. The van der Waals surface area contributed by atoms with Crippen LogP contribution in [0.15, 0.2) is 30.5 Å². The number of rotatable bonds is 5. The predicted octanol–water partition coefficient (Wildman–Crippen LogP) is 1.02. The highest BCUT2D eigenvalue weighted by atomic mass is 16.4. The van der Waals surface area contributed by atoms with Crippen LogP contribution >= 0.6 is 0 Å². The van der Waals surface area contributed by atoms with Gasteiger partial charge in [-0.25, -0.2) is 4.79 Å².